The minimum Gasteiger partial charge on any atom is -0.355 e. The van der Waals surface area contributed by atoms with Crippen molar-refractivity contribution in [3.05, 3.63) is 139 Å². The van der Waals surface area contributed by atoms with Crippen LogP contribution < -0.4 is 19.3 Å². The highest BCUT2D eigenvalue weighted by Gasteiger charge is 2.31. The van der Waals surface area contributed by atoms with Crippen LogP contribution >= 0.6 is 0 Å². The van der Waals surface area contributed by atoms with Crippen LogP contribution in [0.15, 0.2) is 127 Å². The molecular formula is C44H38N6. The molecule has 0 spiro atoms. The molecule has 0 aliphatic carbocycles. The van der Waals surface area contributed by atoms with E-state index >= 15 is 0 Å². The van der Waals surface area contributed by atoms with E-state index in [1.807, 2.05) is 0 Å². The van der Waals surface area contributed by atoms with Crippen molar-refractivity contribution in [2.24, 2.45) is 7.05 Å². The molecule has 4 heterocycles. The number of imidazole rings is 1. The largest absolute Gasteiger partial charge is 0.355 e. The number of benzene rings is 6. The normalized spacial score (nSPS) is 13.9. The molecule has 8 aromatic rings. The van der Waals surface area contributed by atoms with Crippen LogP contribution in [-0.2, 0) is 12.5 Å². The quantitative estimate of drug-likeness (QED) is 0.140. The smallest absolute Gasteiger partial charge is 0.244 e. The maximum absolute atomic E-state index is 3.55. The van der Waals surface area contributed by atoms with E-state index in [-0.39, 0.29) is 5.41 Å². The molecule has 0 radical (unpaired) electrons. The van der Waals surface area contributed by atoms with Crippen molar-refractivity contribution in [3.8, 4) is 11.4 Å². The number of rotatable bonds is 3. The number of aryl methyl sites for hydroxylation is 1. The Morgan fingerprint density at radius 1 is 0.600 bits per heavy atom. The van der Waals surface area contributed by atoms with Gasteiger partial charge in [0.1, 0.15) is 0 Å². The summed E-state index contributed by atoms with van der Waals surface area (Å²) < 4.78 is 6.73. The summed E-state index contributed by atoms with van der Waals surface area (Å²) >= 11 is 0. The molecule has 0 saturated heterocycles. The Labute approximate surface area is 292 Å². The van der Waals surface area contributed by atoms with Gasteiger partial charge in [0, 0.05) is 29.2 Å². The predicted molar refractivity (Wildman–Crippen MR) is 206 cm³/mol. The molecule has 2 aliphatic heterocycles. The minimum atomic E-state index is 0.0508. The minimum absolute atomic E-state index is 0.0508. The first-order chi connectivity index (χ1) is 24.3. The van der Waals surface area contributed by atoms with Gasteiger partial charge < -0.3 is 28.4 Å². The van der Waals surface area contributed by atoms with Crippen molar-refractivity contribution in [1.82, 2.24) is 9.13 Å². The van der Waals surface area contributed by atoms with E-state index in [9.17, 15) is 0 Å². The third kappa shape index (κ3) is 4.05. The molecule has 0 amide bonds. The van der Waals surface area contributed by atoms with Crippen molar-refractivity contribution < 1.29 is 4.57 Å². The Bertz CT molecular complexity index is 2670. The summed E-state index contributed by atoms with van der Waals surface area (Å²) in [5.74, 6) is 0. The molecule has 2 aliphatic rings. The summed E-state index contributed by atoms with van der Waals surface area (Å²) in [6, 6.07) is 46.9. The second kappa shape index (κ2) is 10.3. The summed E-state index contributed by atoms with van der Waals surface area (Å²) in [6.45, 7) is 7.68. The molecular weight excluding hydrogens is 613 g/mol. The number of anilines is 6. The molecule has 6 nitrogen and oxygen atoms in total. The zero-order chi connectivity index (χ0) is 33.9. The summed E-state index contributed by atoms with van der Waals surface area (Å²) in [5, 5.41) is 2.56. The molecule has 6 aromatic carbocycles. The van der Waals surface area contributed by atoms with Crippen molar-refractivity contribution >= 4 is 67.0 Å². The van der Waals surface area contributed by atoms with Crippen molar-refractivity contribution in [1.29, 1.82) is 0 Å². The lowest BCUT2D eigenvalue weighted by molar-refractivity contribution is -0.649. The Hall–Kier alpha value is -6.01. The molecule has 10 rings (SSSR count). The maximum Gasteiger partial charge on any atom is 0.244 e. The summed E-state index contributed by atoms with van der Waals surface area (Å²) in [7, 11) is 4.23. The standard InChI is InChI=1S/C44H38N6/c1-44(2,3)29-20-22-35-34(24-29)33-14-11-19-41-43(33)50(35)40-23-21-31(48-28-46(5)37-16-7-9-18-39(37)48)26-42(40)49(41)32-13-10-12-30(25-32)47-27-45(4)36-15-6-8-17-38(36)47/h6-26H,28H2,1-5H3. The summed E-state index contributed by atoms with van der Waals surface area (Å²) in [6.07, 6.45) is 3.55. The molecule has 50 heavy (non-hydrogen) atoms. The van der Waals surface area contributed by atoms with Crippen molar-refractivity contribution in [2.45, 2.75) is 26.2 Å². The van der Waals surface area contributed by atoms with Gasteiger partial charge in [-0.3, -0.25) is 0 Å². The second-order valence-electron chi connectivity index (χ2n) is 14.8. The van der Waals surface area contributed by atoms with Gasteiger partial charge in [-0.05, 0) is 71.6 Å². The highest BCUT2D eigenvalue weighted by atomic mass is 15.4. The number of para-hydroxylation sites is 5. The topological polar surface area (TPSA) is 23.5 Å². The molecule has 0 bridgehead atoms. The molecule has 0 saturated carbocycles. The van der Waals surface area contributed by atoms with Crippen LogP contribution in [0.3, 0.4) is 0 Å². The Kier molecular flexibility index (Phi) is 5.94. The Balaban J connectivity index is 1.24. The van der Waals surface area contributed by atoms with Gasteiger partial charge in [0.25, 0.3) is 0 Å². The van der Waals surface area contributed by atoms with Gasteiger partial charge in [-0.25, -0.2) is 0 Å². The molecule has 244 valence electrons. The number of hydrogen-bond acceptors (Lipinski definition) is 3. The molecule has 6 heteroatoms. The molecule has 0 N–H and O–H groups in total. The highest BCUT2D eigenvalue weighted by Crippen LogP contribution is 2.52. The van der Waals surface area contributed by atoms with Gasteiger partial charge in [0.2, 0.25) is 6.33 Å². The van der Waals surface area contributed by atoms with Crippen LogP contribution in [-0.4, -0.2) is 22.9 Å². The van der Waals surface area contributed by atoms with Gasteiger partial charge in [-0.2, -0.15) is 0 Å². The molecule has 0 atom stereocenters. The van der Waals surface area contributed by atoms with E-state index in [0.717, 1.165) is 34.8 Å². The van der Waals surface area contributed by atoms with Gasteiger partial charge in [0.05, 0.1) is 69.9 Å². The van der Waals surface area contributed by atoms with Gasteiger partial charge in [-0.15, -0.1) is 0 Å². The first-order valence-corrected chi connectivity index (χ1v) is 17.4. The summed E-state index contributed by atoms with van der Waals surface area (Å²) in [5.41, 5.74) is 15.4. The average molecular weight is 651 g/mol. The van der Waals surface area contributed by atoms with Crippen LogP contribution in [0.25, 0.3) is 44.2 Å². The fourth-order valence-electron chi connectivity index (χ4n) is 8.17. The summed E-state index contributed by atoms with van der Waals surface area (Å²) in [4.78, 5) is 7.20. The Morgan fingerprint density at radius 2 is 1.36 bits per heavy atom. The van der Waals surface area contributed by atoms with Gasteiger partial charge in [0.15, 0.2) is 0 Å². The first kappa shape index (κ1) is 29.0. The van der Waals surface area contributed by atoms with Gasteiger partial charge in [-0.1, -0.05) is 87.5 Å². The van der Waals surface area contributed by atoms with E-state index in [2.05, 4.69) is 197 Å². The third-order valence-corrected chi connectivity index (χ3v) is 10.6. The first-order valence-electron chi connectivity index (χ1n) is 17.4. The fraction of sp³-hybridized carbons (Fsp3) is 0.159. The lowest BCUT2D eigenvalue weighted by atomic mass is 9.86. The molecule has 2 aromatic heterocycles. The highest BCUT2D eigenvalue weighted by molar-refractivity contribution is 6.17. The van der Waals surface area contributed by atoms with Crippen LogP contribution in [0.1, 0.15) is 26.3 Å². The lowest BCUT2D eigenvalue weighted by Gasteiger charge is -2.34. The lowest BCUT2D eigenvalue weighted by Crippen LogP contribution is -2.26. The SMILES string of the molecule is CN1CN(c2ccc3c(c2)N(c2cccc(-n4[c-][n+](C)c5ccccc54)c2)c2cccc4c5cc(C(C)(C)C)ccc5n-3c24)c2ccccc21. The van der Waals surface area contributed by atoms with Crippen LogP contribution in [0.4, 0.5) is 34.1 Å². The monoisotopic (exact) mass is 650 g/mol. The van der Waals surface area contributed by atoms with E-state index in [4.69, 9.17) is 0 Å². The molecule has 0 fully saturated rings. The van der Waals surface area contributed by atoms with Crippen molar-refractivity contribution in [2.75, 3.05) is 28.4 Å². The van der Waals surface area contributed by atoms with Crippen LogP contribution in [0.2, 0.25) is 0 Å². The molecule has 0 unspecified atom stereocenters. The number of nitrogens with zero attached hydrogens (tertiary/aromatic N) is 6. The van der Waals surface area contributed by atoms with E-state index in [1.165, 1.54) is 55.8 Å². The average Bonchev–Trinajstić information content (AvgIpc) is 3.78. The maximum atomic E-state index is 3.55. The van der Waals surface area contributed by atoms with Gasteiger partial charge >= 0.3 is 0 Å². The zero-order valence-corrected chi connectivity index (χ0v) is 29.0. The zero-order valence-electron chi connectivity index (χ0n) is 29.0. The van der Waals surface area contributed by atoms with Crippen molar-refractivity contribution in [3.63, 3.8) is 0 Å². The van der Waals surface area contributed by atoms with E-state index in [1.54, 1.807) is 0 Å². The van der Waals surface area contributed by atoms with Crippen LogP contribution in [0, 0.1) is 6.33 Å². The van der Waals surface area contributed by atoms with E-state index in [0.29, 0.717) is 0 Å². The fourth-order valence-corrected chi connectivity index (χ4v) is 8.17. The number of aromatic nitrogens is 3. The third-order valence-electron chi connectivity index (χ3n) is 10.6. The van der Waals surface area contributed by atoms with E-state index < -0.39 is 0 Å². The number of fused-ring (bicyclic) bond motifs is 7. The predicted octanol–water partition coefficient (Wildman–Crippen LogP) is 9.98. The Morgan fingerprint density at radius 3 is 2.22 bits per heavy atom. The second-order valence-corrected chi connectivity index (χ2v) is 14.8. The van der Waals surface area contributed by atoms with Crippen LogP contribution in [0.5, 0.6) is 0 Å². The number of hydrogen-bond donors (Lipinski definition) is 0.